The van der Waals surface area contributed by atoms with Gasteiger partial charge >= 0.3 is 5.97 Å². The maximum absolute atomic E-state index is 11.3. The van der Waals surface area contributed by atoms with Crippen LogP contribution in [0.5, 0.6) is 5.75 Å². The van der Waals surface area contributed by atoms with Crippen molar-refractivity contribution in [1.29, 1.82) is 0 Å². The lowest BCUT2D eigenvalue weighted by Gasteiger charge is -2.24. The molecule has 0 unspecified atom stereocenters. The Morgan fingerprint density at radius 2 is 2.04 bits per heavy atom. The van der Waals surface area contributed by atoms with Crippen LogP contribution in [0.2, 0.25) is 0 Å². The molecule has 0 aliphatic heterocycles. The Bertz CT molecular complexity index is 621. The molecule has 0 aliphatic rings. The normalized spacial score (nSPS) is 11.3. The Balaban J connectivity index is 1.90. The first-order valence-electron chi connectivity index (χ1n) is 7.80. The van der Waals surface area contributed by atoms with Crippen LogP contribution in [0.15, 0.2) is 36.8 Å². The second-order valence-corrected chi connectivity index (χ2v) is 6.29. The van der Waals surface area contributed by atoms with Crippen LogP contribution in [-0.4, -0.2) is 29.7 Å². The molecule has 0 spiro atoms. The minimum Gasteiger partial charge on any atom is -0.493 e. The van der Waals surface area contributed by atoms with E-state index in [9.17, 15) is 4.79 Å². The molecule has 2 aromatic rings. The topological polar surface area (TPSA) is 64.2 Å². The summed E-state index contributed by atoms with van der Waals surface area (Å²) in [5, 5.41) is 0. The second kappa shape index (κ2) is 7.81. The highest BCUT2D eigenvalue weighted by Gasteiger charge is 2.20. The van der Waals surface area contributed by atoms with Gasteiger partial charge in [-0.25, -0.2) is 4.98 Å². The summed E-state index contributed by atoms with van der Waals surface area (Å²) in [7, 11) is 1.42. The van der Waals surface area contributed by atoms with Crippen LogP contribution in [-0.2, 0) is 9.53 Å². The molecule has 0 aliphatic carbocycles. The Labute approximate surface area is 137 Å². The molecule has 1 aromatic heterocycles. The molecule has 1 heterocycles. The van der Waals surface area contributed by atoms with E-state index in [0.717, 1.165) is 29.8 Å². The summed E-state index contributed by atoms with van der Waals surface area (Å²) in [6.45, 7) is 4.87. The summed E-state index contributed by atoms with van der Waals surface area (Å²) in [5.74, 6) is 0.659. The zero-order valence-corrected chi connectivity index (χ0v) is 14.0. The van der Waals surface area contributed by atoms with Crippen LogP contribution in [0.3, 0.4) is 0 Å². The summed E-state index contributed by atoms with van der Waals surface area (Å²) >= 11 is 0. The van der Waals surface area contributed by atoms with E-state index >= 15 is 0 Å². The molecule has 23 heavy (non-hydrogen) atoms. The van der Waals surface area contributed by atoms with E-state index in [1.165, 1.54) is 7.11 Å². The third kappa shape index (κ3) is 5.13. The van der Waals surface area contributed by atoms with E-state index in [1.807, 2.05) is 30.5 Å². The van der Waals surface area contributed by atoms with Gasteiger partial charge in [-0.3, -0.25) is 4.79 Å². The summed E-state index contributed by atoms with van der Waals surface area (Å²) in [6.07, 6.45) is 5.58. The van der Waals surface area contributed by atoms with Gasteiger partial charge in [0, 0.05) is 18.2 Å². The number of hydrogen-bond donors (Lipinski definition) is 1. The Morgan fingerprint density at radius 3 is 2.74 bits per heavy atom. The summed E-state index contributed by atoms with van der Waals surface area (Å²) in [4.78, 5) is 18.5. The smallest absolute Gasteiger partial charge is 0.305 e. The largest absolute Gasteiger partial charge is 0.493 e. The number of nitrogens with one attached hydrogen (secondary N) is 1. The Kier molecular flexibility index (Phi) is 5.79. The zero-order valence-electron chi connectivity index (χ0n) is 14.0. The van der Waals surface area contributed by atoms with Gasteiger partial charge in [-0.1, -0.05) is 26.0 Å². The van der Waals surface area contributed by atoms with Gasteiger partial charge in [-0.2, -0.15) is 0 Å². The number of esters is 1. The molecule has 124 valence electrons. The third-order valence-electron chi connectivity index (χ3n) is 3.93. The molecule has 5 nitrogen and oxygen atoms in total. The number of aromatic amines is 1. The van der Waals surface area contributed by atoms with Crippen LogP contribution in [0.25, 0.3) is 11.3 Å². The van der Waals surface area contributed by atoms with Gasteiger partial charge in [0.25, 0.3) is 0 Å². The van der Waals surface area contributed by atoms with Crippen molar-refractivity contribution in [1.82, 2.24) is 9.97 Å². The van der Waals surface area contributed by atoms with Gasteiger partial charge in [0.15, 0.2) is 0 Å². The predicted octanol–water partition coefficient (Wildman–Crippen LogP) is 3.83. The zero-order chi connectivity index (χ0) is 16.7. The highest BCUT2D eigenvalue weighted by molar-refractivity contribution is 5.69. The lowest BCUT2D eigenvalue weighted by Crippen LogP contribution is -2.18. The monoisotopic (exact) mass is 316 g/mol. The van der Waals surface area contributed by atoms with Crippen molar-refractivity contribution in [2.75, 3.05) is 13.7 Å². The number of ether oxygens (including phenoxy) is 2. The first kappa shape index (κ1) is 17.1. The second-order valence-electron chi connectivity index (χ2n) is 6.29. The van der Waals surface area contributed by atoms with Crippen molar-refractivity contribution in [3.63, 3.8) is 0 Å². The minimum atomic E-state index is -0.164. The molecule has 0 saturated carbocycles. The Hall–Kier alpha value is -2.30. The Morgan fingerprint density at radius 1 is 1.26 bits per heavy atom. The lowest BCUT2D eigenvalue weighted by atomic mass is 9.85. The number of nitrogens with zero attached hydrogens (tertiary/aromatic N) is 1. The maximum atomic E-state index is 11.3. The van der Waals surface area contributed by atoms with Crippen molar-refractivity contribution in [3.05, 3.63) is 36.8 Å². The molecular weight excluding hydrogens is 292 g/mol. The standard InChI is InChI=1S/C18H24N2O3/c1-18(2,9-8-17(21)22-3)10-11-23-16-7-5-4-6-14(16)15-12-19-13-20-15/h4-7,12-13H,8-11H2,1-3H3,(H,19,20). The van der Waals surface area contributed by atoms with Crippen LogP contribution in [0, 0.1) is 5.41 Å². The molecule has 0 radical (unpaired) electrons. The van der Waals surface area contributed by atoms with Gasteiger partial charge in [-0.15, -0.1) is 0 Å². The fourth-order valence-electron chi connectivity index (χ4n) is 2.32. The van der Waals surface area contributed by atoms with E-state index < -0.39 is 0 Å². The first-order valence-corrected chi connectivity index (χ1v) is 7.80. The van der Waals surface area contributed by atoms with E-state index in [0.29, 0.717) is 13.0 Å². The fraction of sp³-hybridized carbons (Fsp3) is 0.444. The summed E-state index contributed by atoms with van der Waals surface area (Å²) < 4.78 is 10.7. The van der Waals surface area contributed by atoms with Gasteiger partial charge < -0.3 is 14.5 Å². The highest BCUT2D eigenvalue weighted by Crippen LogP contribution is 2.30. The third-order valence-corrected chi connectivity index (χ3v) is 3.93. The quantitative estimate of drug-likeness (QED) is 0.752. The molecule has 5 heteroatoms. The molecule has 2 rings (SSSR count). The van der Waals surface area contributed by atoms with Gasteiger partial charge in [-0.05, 0) is 30.4 Å². The van der Waals surface area contributed by atoms with Gasteiger partial charge in [0.2, 0.25) is 0 Å². The summed E-state index contributed by atoms with van der Waals surface area (Å²) in [6, 6.07) is 7.87. The number of imidazole rings is 1. The van der Waals surface area contributed by atoms with Crippen molar-refractivity contribution in [3.8, 4) is 17.0 Å². The number of carbonyl (C=O) groups is 1. The van der Waals surface area contributed by atoms with Crippen LogP contribution < -0.4 is 4.74 Å². The number of benzene rings is 1. The fourth-order valence-corrected chi connectivity index (χ4v) is 2.32. The van der Waals surface area contributed by atoms with Crippen molar-refractivity contribution < 1.29 is 14.3 Å². The van der Waals surface area contributed by atoms with Crippen LogP contribution in [0.1, 0.15) is 33.1 Å². The van der Waals surface area contributed by atoms with Crippen LogP contribution >= 0.6 is 0 Å². The average Bonchev–Trinajstić information content (AvgIpc) is 3.07. The lowest BCUT2D eigenvalue weighted by molar-refractivity contribution is -0.141. The molecule has 0 atom stereocenters. The van der Waals surface area contributed by atoms with Crippen molar-refractivity contribution in [2.45, 2.75) is 33.1 Å². The van der Waals surface area contributed by atoms with Gasteiger partial charge in [0.05, 0.1) is 25.7 Å². The number of methoxy groups -OCH3 is 1. The molecule has 1 aromatic carbocycles. The molecule has 0 fully saturated rings. The number of hydrogen-bond acceptors (Lipinski definition) is 4. The SMILES string of the molecule is COC(=O)CCC(C)(C)CCOc1ccccc1-c1c[nH]cn1. The van der Waals surface area contributed by atoms with E-state index in [2.05, 4.69) is 23.8 Å². The highest BCUT2D eigenvalue weighted by atomic mass is 16.5. The van der Waals surface area contributed by atoms with E-state index in [1.54, 1.807) is 6.33 Å². The molecule has 1 N–H and O–H groups in total. The van der Waals surface area contributed by atoms with Gasteiger partial charge in [0.1, 0.15) is 5.75 Å². The summed E-state index contributed by atoms with van der Waals surface area (Å²) in [5.41, 5.74) is 1.86. The maximum Gasteiger partial charge on any atom is 0.305 e. The molecular formula is C18H24N2O3. The number of H-pyrrole nitrogens is 1. The molecule has 0 bridgehead atoms. The minimum absolute atomic E-state index is 0.0233. The molecule has 0 amide bonds. The van der Waals surface area contributed by atoms with E-state index in [-0.39, 0.29) is 11.4 Å². The number of carbonyl (C=O) groups excluding carboxylic acids is 1. The van der Waals surface area contributed by atoms with Crippen molar-refractivity contribution >= 4 is 5.97 Å². The van der Waals surface area contributed by atoms with Crippen LogP contribution in [0.4, 0.5) is 0 Å². The van der Waals surface area contributed by atoms with Crippen molar-refractivity contribution in [2.24, 2.45) is 5.41 Å². The number of para-hydroxylation sites is 1. The predicted molar refractivity (Wildman–Crippen MR) is 89.2 cm³/mol. The number of rotatable bonds is 8. The average molecular weight is 316 g/mol. The first-order chi connectivity index (χ1) is 11.0. The number of aromatic nitrogens is 2. The van der Waals surface area contributed by atoms with E-state index in [4.69, 9.17) is 9.47 Å². The molecule has 0 saturated heterocycles.